The molecule has 0 bridgehead atoms. The number of benzene rings is 2. The number of rotatable bonds is 3. The van der Waals surface area contributed by atoms with E-state index in [-0.39, 0.29) is 17.4 Å². The van der Waals surface area contributed by atoms with E-state index < -0.39 is 5.92 Å². The zero-order chi connectivity index (χ0) is 20.0. The van der Waals surface area contributed by atoms with Crippen molar-refractivity contribution in [1.29, 1.82) is 5.26 Å². The molecule has 28 heavy (non-hydrogen) atoms. The van der Waals surface area contributed by atoms with Crippen LogP contribution in [0, 0.1) is 11.3 Å². The van der Waals surface area contributed by atoms with E-state index in [0.717, 1.165) is 5.56 Å². The lowest BCUT2D eigenvalue weighted by Crippen LogP contribution is -2.31. The molecule has 0 aromatic heterocycles. The minimum atomic E-state index is -0.501. The highest BCUT2D eigenvalue weighted by atomic mass is 79.9. The van der Waals surface area contributed by atoms with Gasteiger partial charge in [0, 0.05) is 16.9 Å². The molecular weight excluding hydrogens is 426 g/mol. The first kappa shape index (κ1) is 18.1. The molecule has 2 aliphatic rings. The van der Waals surface area contributed by atoms with Crippen LogP contribution in [0.15, 0.2) is 45.2 Å². The van der Waals surface area contributed by atoms with E-state index in [9.17, 15) is 10.1 Å². The minimum Gasteiger partial charge on any atom is -0.493 e. The summed E-state index contributed by atoms with van der Waals surface area (Å²) in [7, 11) is 3.08. The number of nitrogens with zero attached hydrogens (tertiary/aromatic N) is 2. The summed E-state index contributed by atoms with van der Waals surface area (Å²) in [5.41, 5.74) is 7.81. The van der Waals surface area contributed by atoms with Crippen LogP contribution in [0.3, 0.4) is 0 Å². The summed E-state index contributed by atoms with van der Waals surface area (Å²) in [4.78, 5) is 15.7. The number of ether oxygens (including phenoxy) is 3. The third-order valence-electron chi connectivity index (χ3n) is 4.69. The van der Waals surface area contributed by atoms with Crippen molar-refractivity contribution >= 4 is 27.9 Å². The smallest absolute Gasteiger partial charge is 0.271 e. The number of hydrogen-bond acceptors (Lipinski definition) is 6. The van der Waals surface area contributed by atoms with Gasteiger partial charge in [-0.15, -0.1) is 0 Å². The van der Waals surface area contributed by atoms with Gasteiger partial charge in [-0.05, 0) is 39.7 Å². The van der Waals surface area contributed by atoms with Crippen molar-refractivity contribution in [2.45, 2.75) is 5.92 Å². The number of carbonyl (C=O) groups is 1. The van der Waals surface area contributed by atoms with Gasteiger partial charge >= 0.3 is 0 Å². The van der Waals surface area contributed by atoms with Crippen LogP contribution in [0.2, 0.25) is 0 Å². The van der Waals surface area contributed by atoms with Gasteiger partial charge < -0.3 is 19.9 Å². The van der Waals surface area contributed by atoms with Crippen molar-refractivity contribution in [3.8, 4) is 23.3 Å². The van der Waals surface area contributed by atoms with Gasteiger partial charge in [0.1, 0.15) is 17.4 Å². The van der Waals surface area contributed by atoms with Crippen molar-refractivity contribution in [3.05, 3.63) is 61.9 Å². The SMILES string of the molecule is COc1cc(C2C(C#N)=C(N)Oc3c2ccc2c3=CC(=O)N=2)cc(Br)c1OC. The fourth-order valence-electron chi connectivity index (χ4n) is 3.49. The number of nitriles is 1. The maximum absolute atomic E-state index is 11.7. The average molecular weight is 440 g/mol. The van der Waals surface area contributed by atoms with Crippen LogP contribution in [0.1, 0.15) is 17.0 Å². The summed E-state index contributed by atoms with van der Waals surface area (Å²) >= 11 is 3.49. The number of carbonyl (C=O) groups excluding carboxylic acids is 1. The molecule has 1 atom stereocenters. The van der Waals surface area contributed by atoms with Crippen molar-refractivity contribution in [2.24, 2.45) is 10.7 Å². The molecule has 140 valence electrons. The largest absolute Gasteiger partial charge is 0.493 e. The summed E-state index contributed by atoms with van der Waals surface area (Å²) in [6.07, 6.45) is 1.40. The second-order valence-electron chi connectivity index (χ2n) is 6.17. The highest BCUT2D eigenvalue weighted by Crippen LogP contribution is 2.45. The number of halogens is 1. The van der Waals surface area contributed by atoms with Crippen LogP contribution in [-0.2, 0) is 4.79 Å². The van der Waals surface area contributed by atoms with Crippen molar-refractivity contribution in [2.75, 3.05) is 14.2 Å². The number of methoxy groups -OCH3 is 2. The van der Waals surface area contributed by atoms with Gasteiger partial charge in [-0.3, -0.25) is 4.79 Å². The Morgan fingerprint density at radius 2 is 2.07 bits per heavy atom. The van der Waals surface area contributed by atoms with Gasteiger partial charge in [0.25, 0.3) is 5.91 Å². The van der Waals surface area contributed by atoms with Crippen LogP contribution in [-0.4, -0.2) is 20.1 Å². The lowest BCUT2D eigenvalue weighted by Gasteiger charge is -2.27. The van der Waals surface area contributed by atoms with E-state index >= 15 is 0 Å². The first-order chi connectivity index (χ1) is 13.5. The Kier molecular flexibility index (Phi) is 4.32. The highest BCUT2D eigenvalue weighted by molar-refractivity contribution is 9.10. The normalized spacial score (nSPS) is 16.9. The highest BCUT2D eigenvalue weighted by Gasteiger charge is 2.33. The minimum absolute atomic E-state index is 0.00736. The second-order valence-corrected chi connectivity index (χ2v) is 7.03. The summed E-state index contributed by atoms with van der Waals surface area (Å²) < 4.78 is 17.2. The molecule has 2 aliphatic heterocycles. The molecule has 1 unspecified atom stereocenters. The first-order valence-electron chi connectivity index (χ1n) is 8.24. The van der Waals surface area contributed by atoms with Gasteiger partial charge in [0.2, 0.25) is 5.88 Å². The maximum Gasteiger partial charge on any atom is 0.271 e. The molecule has 2 heterocycles. The van der Waals surface area contributed by atoms with Crippen LogP contribution in [0.4, 0.5) is 0 Å². The molecule has 0 radical (unpaired) electrons. The van der Waals surface area contributed by atoms with E-state index in [1.165, 1.54) is 13.2 Å². The Labute approximate surface area is 168 Å². The van der Waals surface area contributed by atoms with Crippen molar-refractivity contribution in [1.82, 2.24) is 0 Å². The molecule has 0 aliphatic carbocycles. The zero-order valence-electron chi connectivity index (χ0n) is 14.9. The molecule has 0 saturated carbocycles. The van der Waals surface area contributed by atoms with E-state index in [1.807, 2.05) is 6.07 Å². The quantitative estimate of drug-likeness (QED) is 0.778. The molecule has 2 N–H and O–H groups in total. The fraction of sp³-hybridized carbons (Fsp3) is 0.150. The molecule has 2 aromatic carbocycles. The molecule has 2 aromatic rings. The average Bonchev–Trinajstić information content (AvgIpc) is 3.07. The van der Waals surface area contributed by atoms with Gasteiger partial charge in [0.05, 0.1) is 30.0 Å². The number of hydrogen-bond donors (Lipinski definition) is 1. The van der Waals surface area contributed by atoms with Crippen LogP contribution in [0.5, 0.6) is 17.2 Å². The standard InChI is InChI=1S/C20H14BrN3O4/c1-26-15-6-9(5-13(21)19(15)27-2)17-10-3-4-14-11(7-16(25)24-14)18(10)28-20(23)12(17)8-22/h3-7,17H,23H2,1-2H3. The van der Waals surface area contributed by atoms with E-state index in [2.05, 4.69) is 27.0 Å². The molecule has 0 fully saturated rings. The topological polar surface area (TPSA) is 107 Å². The van der Waals surface area contributed by atoms with Gasteiger partial charge in [-0.2, -0.15) is 5.26 Å². The van der Waals surface area contributed by atoms with Crippen LogP contribution < -0.4 is 30.5 Å². The summed E-state index contributed by atoms with van der Waals surface area (Å²) in [6, 6.07) is 9.31. The Morgan fingerprint density at radius 1 is 1.29 bits per heavy atom. The van der Waals surface area contributed by atoms with Crippen LogP contribution >= 0.6 is 15.9 Å². The lowest BCUT2D eigenvalue weighted by atomic mass is 9.83. The Bertz CT molecular complexity index is 1230. The molecule has 7 nitrogen and oxygen atoms in total. The summed E-state index contributed by atoms with van der Waals surface area (Å²) in [5, 5.41) is 10.8. The zero-order valence-corrected chi connectivity index (χ0v) is 16.5. The summed E-state index contributed by atoms with van der Waals surface area (Å²) in [6.45, 7) is 0. The molecule has 4 rings (SSSR count). The first-order valence-corrected chi connectivity index (χ1v) is 9.04. The Balaban J connectivity index is 2.01. The monoisotopic (exact) mass is 439 g/mol. The molecule has 0 saturated heterocycles. The van der Waals surface area contributed by atoms with Gasteiger partial charge in [-0.25, -0.2) is 4.99 Å². The predicted molar refractivity (Wildman–Crippen MR) is 103 cm³/mol. The third-order valence-corrected chi connectivity index (χ3v) is 5.28. The number of fused-ring (bicyclic) bond motifs is 3. The van der Waals surface area contributed by atoms with Crippen molar-refractivity contribution in [3.63, 3.8) is 0 Å². The molecule has 8 heteroatoms. The maximum atomic E-state index is 11.7. The Morgan fingerprint density at radius 3 is 2.75 bits per heavy atom. The number of allylic oxidation sites excluding steroid dienone is 1. The fourth-order valence-corrected chi connectivity index (χ4v) is 4.11. The van der Waals surface area contributed by atoms with E-state index in [0.29, 0.717) is 37.9 Å². The third kappa shape index (κ3) is 2.63. The van der Waals surface area contributed by atoms with E-state index in [4.69, 9.17) is 19.9 Å². The van der Waals surface area contributed by atoms with Gasteiger partial charge in [0.15, 0.2) is 11.5 Å². The number of nitrogens with two attached hydrogens (primary N) is 1. The van der Waals surface area contributed by atoms with Crippen molar-refractivity contribution < 1.29 is 19.0 Å². The second kappa shape index (κ2) is 6.69. The molecule has 1 amide bonds. The molecule has 0 spiro atoms. The molecular formula is C20H14BrN3O4. The van der Waals surface area contributed by atoms with E-state index in [1.54, 1.807) is 25.3 Å². The van der Waals surface area contributed by atoms with Gasteiger partial charge in [-0.1, -0.05) is 6.07 Å². The predicted octanol–water partition coefficient (Wildman–Crippen LogP) is 1.62. The number of amides is 1. The van der Waals surface area contributed by atoms with Crippen LogP contribution in [0.25, 0.3) is 6.08 Å². The summed E-state index contributed by atoms with van der Waals surface area (Å²) in [5.74, 6) is 0.617. The lowest BCUT2D eigenvalue weighted by molar-refractivity contribution is -0.112. The Hall–Kier alpha value is -3.31.